The summed E-state index contributed by atoms with van der Waals surface area (Å²) in [5.41, 5.74) is 2.66. The molecule has 0 aliphatic rings. The molecule has 0 amide bonds. The van der Waals surface area contributed by atoms with Crippen molar-refractivity contribution in [2.24, 2.45) is 0 Å². The van der Waals surface area contributed by atoms with Crippen LogP contribution in [0.5, 0.6) is 5.75 Å². The van der Waals surface area contributed by atoms with Gasteiger partial charge in [-0.05, 0) is 31.2 Å². The zero-order chi connectivity index (χ0) is 12.4. The SMILES string of the molecule is COc1ccc(-c2nc(C(C)=O)[nH]c2C)cc1. The molecule has 1 heterocycles. The van der Waals surface area contributed by atoms with Gasteiger partial charge in [0.25, 0.3) is 0 Å². The molecule has 0 aliphatic carbocycles. The van der Waals surface area contributed by atoms with E-state index in [0.717, 1.165) is 22.7 Å². The minimum atomic E-state index is -0.0622. The number of ketones is 1. The third-order valence-corrected chi connectivity index (χ3v) is 2.58. The Morgan fingerprint density at radius 3 is 2.41 bits per heavy atom. The van der Waals surface area contributed by atoms with Crippen LogP contribution in [0.4, 0.5) is 0 Å². The Labute approximate surface area is 99.7 Å². The van der Waals surface area contributed by atoms with Crippen LogP contribution in [-0.4, -0.2) is 22.9 Å². The summed E-state index contributed by atoms with van der Waals surface area (Å²) in [5.74, 6) is 1.13. The second kappa shape index (κ2) is 4.41. The number of ether oxygens (including phenoxy) is 1. The van der Waals surface area contributed by atoms with Gasteiger partial charge >= 0.3 is 0 Å². The maximum atomic E-state index is 11.2. The highest BCUT2D eigenvalue weighted by atomic mass is 16.5. The fraction of sp³-hybridized carbons (Fsp3) is 0.231. The Bertz CT molecular complexity index is 541. The van der Waals surface area contributed by atoms with Crippen LogP contribution in [0.25, 0.3) is 11.3 Å². The molecule has 0 saturated carbocycles. The fourth-order valence-electron chi connectivity index (χ4n) is 1.66. The van der Waals surface area contributed by atoms with Gasteiger partial charge in [0.1, 0.15) is 5.75 Å². The number of hydrogen-bond acceptors (Lipinski definition) is 3. The Hall–Kier alpha value is -2.10. The van der Waals surface area contributed by atoms with E-state index in [1.807, 2.05) is 31.2 Å². The van der Waals surface area contributed by atoms with Crippen molar-refractivity contribution in [2.45, 2.75) is 13.8 Å². The summed E-state index contributed by atoms with van der Waals surface area (Å²) in [5, 5.41) is 0. The van der Waals surface area contributed by atoms with Crippen LogP contribution in [0.15, 0.2) is 24.3 Å². The first-order valence-corrected chi connectivity index (χ1v) is 5.34. The summed E-state index contributed by atoms with van der Waals surface area (Å²) in [6.07, 6.45) is 0. The molecule has 2 rings (SSSR count). The smallest absolute Gasteiger partial charge is 0.195 e. The number of nitrogens with one attached hydrogen (secondary N) is 1. The van der Waals surface area contributed by atoms with E-state index in [1.54, 1.807) is 7.11 Å². The number of hydrogen-bond donors (Lipinski definition) is 1. The highest BCUT2D eigenvalue weighted by Gasteiger charge is 2.11. The van der Waals surface area contributed by atoms with Gasteiger partial charge in [0.05, 0.1) is 12.8 Å². The van der Waals surface area contributed by atoms with E-state index < -0.39 is 0 Å². The van der Waals surface area contributed by atoms with Crippen molar-refractivity contribution in [1.29, 1.82) is 0 Å². The topological polar surface area (TPSA) is 55.0 Å². The number of nitrogens with zero attached hydrogens (tertiary/aromatic N) is 1. The highest BCUT2D eigenvalue weighted by molar-refractivity contribution is 5.91. The van der Waals surface area contributed by atoms with Crippen LogP contribution in [0.1, 0.15) is 23.2 Å². The van der Waals surface area contributed by atoms with Crippen LogP contribution in [0.2, 0.25) is 0 Å². The third-order valence-electron chi connectivity index (χ3n) is 2.58. The average Bonchev–Trinajstić information content (AvgIpc) is 2.72. The number of aromatic nitrogens is 2. The lowest BCUT2D eigenvalue weighted by Crippen LogP contribution is -1.94. The van der Waals surface area contributed by atoms with Crippen LogP contribution < -0.4 is 4.74 Å². The first-order chi connectivity index (χ1) is 8.11. The first kappa shape index (κ1) is 11.4. The van der Waals surface area contributed by atoms with Gasteiger partial charge in [-0.2, -0.15) is 0 Å². The summed E-state index contributed by atoms with van der Waals surface area (Å²) < 4.78 is 5.10. The van der Waals surface area contributed by atoms with E-state index in [1.165, 1.54) is 6.92 Å². The van der Waals surface area contributed by atoms with Crippen molar-refractivity contribution in [3.63, 3.8) is 0 Å². The average molecular weight is 230 g/mol. The molecular weight excluding hydrogens is 216 g/mol. The second-order valence-corrected chi connectivity index (χ2v) is 3.84. The minimum Gasteiger partial charge on any atom is -0.497 e. The molecule has 1 N–H and O–H groups in total. The van der Waals surface area contributed by atoms with Crippen molar-refractivity contribution in [3.05, 3.63) is 35.8 Å². The summed E-state index contributed by atoms with van der Waals surface area (Å²) in [4.78, 5) is 18.5. The molecule has 0 saturated heterocycles. The maximum absolute atomic E-state index is 11.2. The van der Waals surface area contributed by atoms with Gasteiger partial charge in [-0.15, -0.1) is 0 Å². The van der Waals surface area contributed by atoms with Gasteiger partial charge in [-0.25, -0.2) is 4.98 Å². The van der Waals surface area contributed by atoms with Gasteiger partial charge in [0.2, 0.25) is 0 Å². The number of aromatic amines is 1. The molecule has 1 aromatic heterocycles. The predicted octanol–water partition coefficient (Wildman–Crippen LogP) is 2.60. The Morgan fingerprint density at radius 1 is 1.29 bits per heavy atom. The van der Waals surface area contributed by atoms with Crippen molar-refractivity contribution >= 4 is 5.78 Å². The summed E-state index contributed by atoms with van der Waals surface area (Å²) in [6.45, 7) is 3.40. The second-order valence-electron chi connectivity index (χ2n) is 3.84. The minimum absolute atomic E-state index is 0.0622. The zero-order valence-electron chi connectivity index (χ0n) is 10.1. The molecule has 0 fully saturated rings. The van der Waals surface area contributed by atoms with E-state index in [2.05, 4.69) is 9.97 Å². The molecule has 88 valence electrons. The van der Waals surface area contributed by atoms with Gasteiger partial charge in [-0.3, -0.25) is 4.79 Å². The molecule has 4 nitrogen and oxygen atoms in total. The Kier molecular flexibility index (Phi) is 2.95. The van der Waals surface area contributed by atoms with Gasteiger partial charge in [0.15, 0.2) is 11.6 Å². The molecule has 4 heteroatoms. The van der Waals surface area contributed by atoms with E-state index in [4.69, 9.17) is 4.74 Å². The summed E-state index contributed by atoms with van der Waals surface area (Å²) in [7, 11) is 1.63. The molecule has 2 aromatic rings. The number of carbonyl (C=O) groups excluding carboxylic acids is 1. The lowest BCUT2D eigenvalue weighted by Gasteiger charge is -2.01. The number of carbonyl (C=O) groups is 1. The Balaban J connectivity index is 2.41. The van der Waals surface area contributed by atoms with Crippen molar-refractivity contribution in [1.82, 2.24) is 9.97 Å². The molecule has 0 bridgehead atoms. The van der Waals surface area contributed by atoms with Crippen LogP contribution >= 0.6 is 0 Å². The molecular formula is C13H14N2O2. The number of H-pyrrole nitrogens is 1. The van der Waals surface area contributed by atoms with Crippen molar-refractivity contribution < 1.29 is 9.53 Å². The monoisotopic (exact) mass is 230 g/mol. The van der Waals surface area contributed by atoms with Crippen LogP contribution in [0.3, 0.4) is 0 Å². The predicted molar refractivity (Wildman–Crippen MR) is 65.3 cm³/mol. The Morgan fingerprint density at radius 2 is 1.94 bits per heavy atom. The van der Waals surface area contributed by atoms with Gasteiger partial charge in [0, 0.05) is 18.2 Å². The van der Waals surface area contributed by atoms with E-state index >= 15 is 0 Å². The van der Waals surface area contributed by atoms with Crippen LogP contribution in [0, 0.1) is 6.92 Å². The molecule has 0 aliphatic heterocycles. The number of rotatable bonds is 3. The number of imidazole rings is 1. The number of methoxy groups -OCH3 is 1. The van der Waals surface area contributed by atoms with Crippen LogP contribution in [-0.2, 0) is 0 Å². The molecule has 17 heavy (non-hydrogen) atoms. The van der Waals surface area contributed by atoms with E-state index in [-0.39, 0.29) is 5.78 Å². The first-order valence-electron chi connectivity index (χ1n) is 5.34. The summed E-state index contributed by atoms with van der Waals surface area (Å²) in [6, 6.07) is 7.59. The largest absolute Gasteiger partial charge is 0.497 e. The zero-order valence-corrected chi connectivity index (χ0v) is 10.1. The highest BCUT2D eigenvalue weighted by Crippen LogP contribution is 2.23. The molecule has 0 radical (unpaired) electrons. The quantitative estimate of drug-likeness (QED) is 0.824. The number of benzene rings is 1. The molecule has 0 unspecified atom stereocenters. The van der Waals surface area contributed by atoms with Crippen molar-refractivity contribution in [3.8, 4) is 17.0 Å². The molecule has 1 aromatic carbocycles. The summed E-state index contributed by atoms with van der Waals surface area (Å²) >= 11 is 0. The van der Waals surface area contributed by atoms with Gasteiger partial charge in [-0.1, -0.05) is 0 Å². The molecule has 0 atom stereocenters. The van der Waals surface area contributed by atoms with Crippen molar-refractivity contribution in [2.75, 3.05) is 7.11 Å². The van der Waals surface area contributed by atoms with E-state index in [0.29, 0.717) is 5.82 Å². The molecule has 0 spiro atoms. The standard InChI is InChI=1S/C13H14N2O2/c1-8-12(15-13(14-8)9(2)16)10-4-6-11(17-3)7-5-10/h4-7H,1-3H3,(H,14,15). The maximum Gasteiger partial charge on any atom is 0.195 e. The van der Waals surface area contributed by atoms with Gasteiger partial charge < -0.3 is 9.72 Å². The lowest BCUT2D eigenvalue weighted by molar-refractivity contribution is 0.100. The fourth-order valence-corrected chi connectivity index (χ4v) is 1.66. The number of Topliss-reactive ketones (excluding diaryl/α,β-unsaturated/α-hetero) is 1. The normalized spacial score (nSPS) is 10.3. The third kappa shape index (κ3) is 2.20. The number of aryl methyl sites for hydroxylation is 1. The lowest BCUT2D eigenvalue weighted by atomic mass is 10.1. The van der Waals surface area contributed by atoms with E-state index in [9.17, 15) is 4.79 Å².